The molecule has 1 rings (SSSR count). The van der Waals surface area contributed by atoms with Crippen LogP contribution in [0.1, 0.15) is 43.0 Å². The molecule has 0 radical (unpaired) electrons. The van der Waals surface area contributed by atoms with Crippen LogP contribution in [0.25, 0.3) is 0 Å². The van der Waals surface area contributed by atoms with Crippen LogP contribution in [0.5, 0.6) is 11.5 Å². The van der Waals surface area contributed by atoms with Crippen LogP contribution in [0.2, 0.25) is 0 Å². The molecular weight excluding hydrogens is 366 g/mol. The highest BCUT2D eigenvalue weighted by molar-refractivity contribution is 9.10. The van der Waals surface area contributed by atoms with Crippen LogP contribution >= 0.6 is 15.9 Å². The molecule has 0 fully saturated rings. The van der Waals surface area contributed by atoms with Crippen molar-refractivity contribution >= 4 is 27.8 Å². The van der Waals surface area contributed by atoms with Gasteiger partial charge in [-0.05, 0) is 47.8 Å². The Kier molecular flexibility index (Phi) is 8.47. The number of benzene rings is 1. The van der Waals surface area contributed by atoms with Crippen molar-refractivity contribution in [2.75, 3.05) is 20.3 Å². The van der Waals surface area contributed by atoms with E-state index >= 15 is 0 Å². The number of hydrogen-bond acceptors (Lipinski definition) is 4. The van der Waals surface area contributed by atoms with Gasteiger partial charge in [-0.3, -0.25) is 9.59 Å². The number of ether oxygens (including phenoxy) is 2. The molecule has 0 spiro atoms. The second-order valence-electron chi connectivity index (χ2n) is 4.88. The van der Waals surface area contributed by atoms with Gasteiger partial charge in [-0.25, -0.2) is 0 Å². The van der Waals surface area contributed by atoms with E-state index in [-0.39, 0.29) is 12.3 Å². The number of carboxylic acids is 1. The Morgan fingerprint density at radius 3 is 2.61 bits per heavy atom. The van der Waals surface area contributed by atoms with Gasteiger partial charge in [-0.15, -0.1) is 0 Å². The summed E-state index contributed by atoms with van der Waals surface area (Å²) in [5, 5.41) is 11.4. The molecule has 1 aromatic carbocycles. The monoisotopic (exact) mass is 387 g/mol. The van der Waals surface area contributed by atoms with E-state index in [1.165, 1.54) is 7.11 Å². The van der Waals surface area contributed by atoms with Crippen molar-refractivity contribution in [1.82, 2.24) is 5.32 Å². The van der Waals surface area contributed by atoms with Crippen LogP contribution < -0.4 is 14.8 Å². The molecule has 0 aliphatic carbocycles. The van der Waals surface area contributed by atoms with Crippen LogP contribution in [-0.4, -0.2) is 37.2 Å². The van der Waals surface area contributed by atoms with E-state index in [0.29, 0.717) is 41.1 Å². The number of unbranched alkanes of at least 4 members (excludes halogenated alkanes) is 2. The van der Waals surface area contributed by atoms with E-state index in [9.17, 15) is 9.59 Å². The molecule has 1 aromatic rings. The van der Waals surface area contributed by atoms with Gasteiger partial charge in [0.15, 0.2) is 11.5 Å². The van der Waals surface area contributed by atoms with Gasteiger partial charge in [0.1, 0.15) is 0 Å². The van der Waals surface area contributed by atoms with E-state index < -0.39 is 5.97 Å². The second kappa shape index (κ2) is 10.1. The number of halogens is 1. The van der Waals surface area contributed by atoms with Crippen LogP contribution in [-0.2, 0) is 4.79 Å². The molecule has 0 unspecified atom stereocenters. The van der Waals surface area contributed by atoms with Gasteiger partial charge < -0.3 is 19.9 Å². The predicted molar refractivity (Wildman–Crippen MR) is 90.3 cm³/mol. The summed E-state index contributed by atoms with van der Waals surface area (Å²) < 4.78 is 11.4. The second-order valence-corrected chi connectivity index (χ2v) is 5.74. The summed E-state index contributed by atoms with van der Waals surface area (Å²) >= 11 is 3.38. The van der Waals surface area contributed by atoms with E-state index in [1.807, 2.05) is 6.92 Å². The summed E-state index contributed by atoms with van der Waals surface area (Å²) in [6.07, 6.45) is 2.29. The minimum atomic E-state index is -0.791. The number of amides is 1. The Balaban J connectivity index is 2.56. The fourth-order valence-electron chi connectivity index (χ4n) is 2.02. The van der Waals surface area contributed by atoms with Crippen molar-refractivity contribution in [3.63, 3.8) is 0 Å². The highest BCUT2D eigenvalue weighted by atomic mass is 79.9. The first-order chi connectivity index (χ1) is 11.0. The maximum atomic E-state index is 12.2. The van der Waals surface area contributed by atoms with E-state index in [1.54, 1.807) is 12.1 Å². The van der Waals surface area contributed by atoms with E-state index in [0.717, 1.165) is 12.8 Å². The smallest absolute Gasteiger partial charge is 0.303 e. The number of nitrogens with one attached hydrogen (secondary N) is 1. The highest BCUT2D eigenvalue weighted by Gasteiger charge is 2.15. The average Bonchev–Trinajstić information content (AvgIpc) is 2.51. The lowest BCUT2D eigenvalue weighted by Gasteiger charge is -2.13. The van der Waals surface area contributed by atoms with Gasteiger partial charge in [0.05, 0.1) is 18.2 Å². The standard InChI is InChI=1S/C16H22BrNO5/c1-3-23-15-12(17)9-11(10-13(15)22-2)16(21)18-8-6-4-5-7-14(19)20/h9-10H,3-8H2,1-2H3,(H,18,21)(H,19,20). The first-order valence-corrected chi connectivity index (χ1v) is 8.29. The third kappa shape index (κ3) is 6.48. The lowest BCUT2D eigenvalue weighted by Crippen LogP contribution is -2.24. The van der Waals surface area contributed by atoms with Crippen molar-refractivity contribution in [2.24, 2.45) is 0 Å². The SMILES string of the molecule is CCOc1c(Br)cc(C(=O)NCCCCCC(=O)O)cc1OC. The lowest BCUT2D eigenvalue weighted by molar-refractivity contribution is -0.137. The third-order valence-corrected chi connectivity index (χ3v) is 3.72. The molecule has 0 aromatic heterocycles. The fourth-order valence-corrected chi connectivity index (χ4v) is 2.57. The largest absolute Gasteiger partial charge is 0.493 e. The zero-order valence-corrected chi connectivity index (χ0v) is 14.9. The van der Waals surface area contributed by atoms with Crippen molar-refractivity contribution in [2.45, 2.75) is 32.6 Å². The minimum absolute atomic E-state index is 0.164. The quantitative estimate of drug-likeness (QED) is 0.602. The number of carbonyl (C=O) groups is 2. The summed E-state index contributed by atoms with van der Waals surface area (Å²) in [7, 11) is 1.52. The van der Waals surface area contributed by atoms with Gasteiger partial charge in [0.25, 0.3) is 5.91 Å². The highest BCUT2D eigenvalue weighted by Crippen LogP contribution is 2.36. The molecule has 128 valence electrons. The van der Waals surface area contributed by atoms with Crippen LogP contribution in [0.4, 0.5) is 0 Å². The van der Waals surface area contributed by atoms with Gasteiger partial charge in [0.2, 0.25) is 0 Å². The van der Waals surface area contributed by atoms with Crippen molar-refractivity contribution < 1.29 is 24.2 Å². The number of aliphatic carboxylic acids is 1. The Morgan fingerprint density at radius 2 is 2.00 bits per heavy atom. The normalized spacial score (nSPS) is 10.2. The summed E-state index contributed by atoms with van der Waals surface area (Å²) in [6, 6.07) is 3.32. The molecule has 0 heterocycles. The predicted octanol–water partition coefficient (Wildman–Crippen LogP) is 3.23. The number of rotatable bonds is 10. The Labute approximate surface area is 144 Å². The Bertz CT molecular complexity index is 548. The summed E-state index contributed by atoms with van der Waals surface area (Å²) in [6.45, 7) is 2.87. The van der Waals surface area contributed by atoms with Gasteiger partial charge in [0, 0.05) is 18.5 Å². The van der Waals surface area contributed by atoms with Gasteiger partial charge >= 0.3 is 5.97 Å². The van der Waals surface area contributed by atoms with Gasteiger partial charge in [-0.2, -0.15) is 0 Å². The summed E-state index contributed by atoms with van der Waals surface area (Å²) in [5.74, 6) is 0.0682. The average molecular weight is 388 g/mol. The first kappa shape index (κ1) is 19.3. The molecule has 0 atom stereocenters. The Morgan fingerprint density at radius 1 is 1.26 bits per heavy atom. The topological polar surface area (TPSA) is 84.9 Å². The minimum Gasteiger partial charge on any atom is -0.493 e. The third-order valence-electron chi connectivity index (χ3n) is 3.13. The molecule has 0 bridgehead atoms. The molecule has 0 aliphatic heterocycles. The molecule has 0 saturated heterocycles. The van der Waals surface area contributed by atoms with E-state index in [4.69, 9.17) is 14.6 Å². The van der Waals surface area contributed by atoms with Crippen LogP contribution in [0.15, 0.2) is 16.6 Å². The van der Waals surface area contributed by atoms with Gasteiger partial charge in [-0.1, -0.05) is 6.42 Å². The zero-order valence-electron chi connectivity index (χ0n) is 13.4. The molecule has 7 heteroatoms. The van der Waals surface area contributed by atoms with Crippen LogP contribution in [0.3, 0.4) is 0 Å². The lowest BCUT2D eigenvalue weighted by atomic mass is 10.1. The van der Waals surface area contributed by atoms with E-state index in [2.05, 4.69) is 21.2 Å². The van der Waals surface area contributed by atoms with Crippen LogP contribution in [0, 0.1) is 0 Å². The van der Waals surface area contributed by atoms with Crippen molar-refractivity contribution in [1.29, 1.82) is 0 Å². The number of carbonyl (C=O) groups excluding carboxylic acids is 1. The fraction of sp³-hybridized carbons (Fsp3) is 0.500. The summed E-state index contributed by atoms with van der Waals surface area (Å²) in [5.41, 5.74) is 0.475. The zero-order chi connectivity index (χ0) is 17.2. The summed E-state index contributed by atoms with van der Waals surface area (Å²) in [4.78, 5) is 22.5. The number of methoxy groups -OCH3 is 1. The number of carboxylic acid groups (broad SMARTS) is 1. The van der Waals surface area contributed by atoms with Crippen molar-refractivity contribution in [3.05, 3.63) is 22.2 Å². The molecule has 1 amide bonds. The van der Waals surface area contributed by atoms with Crippen molar-refractivity contribution in [3.8, 4) is 11.5 Å². The molecule has 0 saturated carbocycles. The molecule has 23 heavy (non-hydrogen) atoms. The molecule has 6 nitrogen and oxygen atoms in total. The Hall–Kier alpha value is -1.76. The maximum absolute atomic E-state index is 12.2. The first-order valence-electron chi connectivity index (χ1n) is 7.49. The maximum Gasteiger partial charge on any atom is 0.303 e. The molecule has 2 N–H and O–H groups in total. The molecular formula is C16H22BrNO5. The molecule has 0 aliphatic rings. The number of hydrogen-bond donors (Lipinski definition) is 2.